The summed E-state index contributed by atoms with van der Waals surface area (Å²) < 4.78 is 1.97. The van der Waals surface area contributed by atoms with E-state index in [4.69, 9.17) is 0 Å². The molecule has 7 nitrogen and oxygen atoms in total. The molecule has 0 aromatic carbocycles. The monoisotopic (exact) mass is 352 g/mol. The Morgan fingerprint density at radius 3 is 2.72 bits per heavy atom. The lowest BCUT2D eigenvalue weighted by Gasteiger charge is -2.03. The van der Waals surface area contributed by atoms with Gasteiger partial charge in [-0.1, -0.05) is 11.3 Å². The molecule has 0 aliphatic heterocycles. The van der Waals surface area contributed by atoms with E-state index in [-0.39, 0.29) is 0 Å². The molecule has 0 fully saturated rings. The molecule has 4 heterocycles. The van der Waals surface area contributed by atoms with Crippen molar-refractivity contribution in [3.05, 3.63) is 48.5 Å². The molecular weight excluding hydrogens is 336 g/mol. The zero-order valence-electron chi connectivity index (χ0n) is 13.7. The number of hydrogen-bond acceptors (Lipinski definition) is 7. The lowest BCUT2D eigenvalue weighted by Crippen LogP contribution is -1.95. The van der Waals surface area contributed by atoms with Gasteiger partial charge in [-0.2, -0.15) is 0 Å². The highest BCUT2D eigenvalue weighted by Crippen LogP contribution is 2.33. The van der Waals surface area contributed by atoms with E-state index in [2.05, 4.69) is 25.9 Å². The second-order valence-corrected chi connectivity index (χ2v) is 6.01. The number of carbonyl (C=O) groups is 1. The number of hydrogen-bond donors (Lipinski definition) is 1. The highest BCUT2D eigenvalue weighted by molar-refractivity contribution is 7.18. The van der Waals surface area contributed by atoms with Gasteiger partial charge in [-0.25, -0.2) is 4.98 Å². The van der Waals surface area contributed by atoms with Gasteiger partial charge in [0.05, 0.1) is 5.52 Å². The Morgan fingerprint density at radius 2 is 2.00 bits per heavy atom. The normalized spacial score (nSPS) is 10.4. The quantitative estimate of drug-likeness (QED) is 0.569. The predicted molar refractivity (Wildman–Crippen MR) is 98.3 cm³/mol. The maximum atomic E-state index is 11.2. The number of fused-ring (bicyclic) bond motifs is 1. The third-order valence-electron chi connectivity index (χ3n) is 3.53. The highest BCUT2D eigenvalue weighted by Gasteiger charge is 2.16. The lowest BCUT2D eigenvalue weighted by atomic mass is 10.2. The van der Waals surface area contributed by atoms with Crippen molar-refractivity contribution in [2.75, 3.05) is 7.05 Å². The van der Waals surface area contributed by atoms with Crippen LogP contribution in [0.5, 0.6) is 0 Å². The van der Waals surface area contributed by atoms with Crippen LogP contribution in [0.25, 0.3) is 32.2 Å². The second-order valence-electron chi connectivity index (χ2n) is 5.03. The van der Waals surface area contributed by atoms with E-state index in [0.29, 0.717) is 16.4 Å². The third kappa shape index (κ3) is 3.17. The van der Waals surface area contributed by atoms with Crippen LogP contribution in [0.1, 0.15) is 10.5 Å². The first kappa shape index (κ1) is 16.9. The number of nitrogens with two attached hydrogens (primary N) is 1. The lowest BCUT2D eigenvalue weighted by molar-refractivity contribution is 0.111. The number of pyridine rings is 2. The van der Waals surface area contributed by atoms with Gasteiger partial charge in [-0.05, 0) is 31.3 Å². The summed E-state index contributed by atoms with van der Waals surface area (Å²) >= 11 is 1.43. The van der Waals surface area contributed by atoms with E-state index >= 15 is 0 Å². The minimum Gasteiger partial charge on any atom is -0.349 e. The largest absolute Gasteiger partial charge is 0.349 e. The zero-order chi connectivity index (χ0) is 17.8. The smallest absolute Gasteiger partial charge is 0.168 e. The molecule has 2 N–H and O–H groups in total. The molecular formula is C17H16N6OS. The predicted octanol–water partition coefficient (Wildman–Crippen LogP) is 2.54. The molecule has 0 bridgehead atoms. The number of nitrogens with zero attached hydrogens (tertiary/aromatic N) is 5. The minimum atomic E-state index is 0.386. The van der Waals surface area contributed by atoms with Gasteiger partial charge in [-0.3, -0.25) is 9.78 Å². The zero-order valence-corrected chi connectivity index (χ0v) is 14.6. The molecule has 4 rings (SSSR count). The van der Waals surface area contributed by atoms with Gasteiger partial charge in [-0.15, -0.1) is 10.2 Å². The molecule has 0 aliphatic carbocycles. The number of carbonyl (C=O) groups excluding carboxylic acids is 1. The van der Waals surface area contributed by atoms with Crippen LogP contribution in [0.4, 0.5) is 0 Å². The number of aromatic nitrogens is 5. The molecule has 0 unspecified atom stereocenters. The van der Waals surface area contributed by atoms with Crippen LogP contribution in [-0.4, -0.2) is 38.1 Å². The van der Waals surface area contributed by atoms with Crippen molar-refractivity contribution in [2.45, 2.75) is 0 Å². The van der Waals surface area contributed by atoms with Crippen molar-refractivity contribution in [1.29, 1.82) is 0 Å². The standard InChI is InChI=1S/C16H11N5OS.CH5N/c1-21-6-4-10-7-12(9-22)18-13(14(10)21)16-20-19-15(23-16)11-3-2-5-17-8-11;1-2/h2-9H,1H3;2H2,1H3. The molecule has 0 radical (unpaired) electrons. The molecule has 0 amide bonds. The van der Waals surface area contributed by atoms with Crippen LogP contribution in [-0.2, 0) is 7.05 Å². The Bertz CT molecular complexity index is 1010. The summed E-state index contributed by atoms with van der Waals surface area (Å²) in [7, 11) is 3.44. The number of aldehydes is 1. The van der Waals surface area contributed by atoms with Crippen molar-refractivity contribution < 1.29 is 4.79 Å². The summed E-state index contributed by atoms with van der Waals surface area (Å²) in [5.41, 5.74) is 7.40. The average molecular weight is 352 g/mol. The summed E-state index contributed by atoms with van der Waals surface area (Å²) in [6.07, 6.45) is 6.15. The van der Waals surface area contributed by atoms with Gasteiger partial charge in [0, 0.05) is 36.6 Å². The van der Waals surface area contributed by atoms with Gasteiger partial charge in [0.25, 0.3) is 0 Å². The number of aryl methyl sites for hydroxylation is 1. The van der Waals surface area contributed by atoms with Crippen LogP contribution in [0.3, 0.4) is 0 Å². The number of rotatable bonds is 3. The van der Waals surface area contributed by atoms with E-state index in [0.717, 1.165) is 27.8 Å². The highest BCUT2D eigenvalue weighted by atomic mass is 32.1. The third-order valence-corrected chi connectivity index (χ3v) is 4.51. The maximum Gasteiger partial charge on any atom is 0.168 e. The molecule has 0 saturated carbocycles. The Morgan fingerprint density at radius 1 is 1.20 bits per heavy atom. The Hall–Kier alpha value is -2.97. The minimum absolute atomic E-state index is 0.386. The van der Waals surface area contributed by atoms with Crippen molar-refractivity contribution in [3.8, 4) is 21.3 Å². The fraction of sp³-hybridized carbons (Fsp3) is 0.118. The van der Waals surface area contributed by atoms with Crippen LogP contribution >= 0.6 is 11.3 Å². The summed E-state index contributed by atoms with van der Waals surface area (Å²) in [6.45, 7) is 0. The molecule has 8 heteroatoms. The van der Waals surface area contributed by atoms with Crippen molar-refractivity contribution in [1.82, 2.24) is 24.7 Å². The average Bonchev–Trinajstić information content (AvgIpc) is 3.31. The van der Waals surface area contributed by atoms with E-state index in [1.165, 1.54) is 18.4 Å². The fourth-order valence-electron chi connectivity index (χ4n) is 2.48. The molecule has 126 valence electrons. The first-order valence-electron chi connectivity index (χ1n) is 7.49. The van der Waals surface area contributed by atoms with E-state index in [1.54, 1.807) is 18.5 Å². The fourth-order valence-corrected chi connectivity index (χ4v) is 3.30. The van der Waals surface area contributed by atoms with Crippen LogP contribution in [0.15, 0.2) is 42.9 Å². The van der Waals surface area contributed by atoms with Gasteiger partial charge in [0.1, 0.15) is 16.4 Å². The Balaban J connectivity index is 0.000000880. The van der Waals surface area contributed by atoms with Crippen LogP contribution in [0, 0.1) is 0 Å². The summed E-state index contributed by atoms with van der Waals surface area (Å²) in [4.78, 5) is 19.7. The second kappa shape index (κ2) is 7.29. The van der Waals surface area contributed by atoms with Crippen LogP contribution in [0.2, 0.25) is 0 Å². The first-order valence-corrected chi connectivity index (χ1v) is 8.31. The first-order chi connectivity index (χ1) is 12.3. The van der Waals surface area contributed by atoms with E-state index in [9.17, 15) is 4.79 Å². The van der Waals surface area contributed by atoms with Crippen LogP contribution < -0.4 is 5.73 Å². The van der Waals surface area contributed by atoms with Gasteiger partial charge >= 0.3 is 0 Å². The molecule has 25 heavy (non-hydrogen) atoms. The van der Waals surface area contributed by atoms with E-state index < -0.39 is 0 Å². The van der Waals surface area contributed by atoms with Gasteiger partial charge in [0.2, 0.25) is 0 Å². The Labute approximate surface area is 148 Å². The summed E-state index contributed by atoms with van der Waals surface area (Å²) in [5, 5.41) is 10.9. The molecule has 4 aromatic rings. The molecule has 0 atom stereocenters. The molecule has 4 aromatic heterocycles. The van der Waals surface area contributed by atoms with Crippen molar-refractivity contribution in [2.24, 2.45) is 12.8 Å². The molecule has 0 saturated heterocycles. The summed E-state index contributed by atoms with van der Waals surface area (Å²) in [5.74, 6) is 0. The van der Waals surface area contributed by atoms with Gasteiger partial charge < -0.3 is 10.3 Å². The maximum absolute atomic E-state index is 11.2. The molecule has 0 spiro atoms. The Kier molecular flexibility index (Phi) is 4.92. The SMILES string of the molecule is CN.Cn1ccc2cc(C=O)nc(-c3nnc(-c4cccnc4)s3)c21. The van der Waals surface area contributed by atoms with Gasteiger partial charge in [0.15, 0.2) is 11.3 Å². The molecule has 0 aliphatic rings. The topological polar surface area (TPSA) is 99.6 Å². The van der Waals surface area contributed by atoms with E-state index in [1.807, 2.05) is 36.0 Å². The van der Waals surface area contributed by atoms with Crippen molar-refractivity contribution >= 4 is 28.5 Å². The van der Waals surface area contributed by atoms with Crippen molar-refractivity contribution in [3.63, 3.8) is 0 Å². The summed E-state index contributed by atoms with van der Waals surface area (Å²) in [6, 6.07) is 7.52.